The molecule has 0 radical (unpaired) electrons. The number of hydrazone groups is 1. The number of aryl methyl sites for hydroxylation is 1. The van der Waals surface area contributed by atoms with Crippen molar-refractivity contribution in [1.29, 1.82) is 0 Å². The number of amides is 1. The van der Waals surface area contributed by atoms with Crippen molar-refractivity contribution >= 4 is 28.6 Å². The lowest BCUT2D eigenvalue weighted by atomic mass is 9.96. The third kappa shape index (κ3) is 4.73. The second kappa shape index (κ2) is 9.09. The average Bonchev–Trinajstić information content (AvgIpc) is 3.42. The number of hydrogen-bond donors (Lipinski definition) is 3. The van der Waals surface area contributed by atoms with Gasteiger partial charge in [0.15, 0.2) is 5.82 Å². The third-order valence-electron chi connectivity index (χ3n) is 5.83. The molecule has 10 heteroatoms. The van der Waals surface area contributed by atoms with Gasteiger partial charge < -0.3 is 25.5 Å². The van der Waals surface area contributed by atoms with Crippen molar-refractivity contribution in [3.05, 3.63) is 18.0 Å². The fourth-order valence-electron chi connectivity index (χ4n) is 4.45. The van der Waals surface area contributed by atoms with E-state index in [1.807, 2.05) is 31.6 Å². The van der Waals surface area contributed by atoms with Crippen LogP contribution in [0.2, 0.25) is 0 Å². The Labute approximate surface area is 181 Å². The van der Waals surface area contributed by atoms with Crippen LogP contribution in [0.3, 0.4) is 0 Å². The first-order valence-corrected chi connectivity index (χ1v) is 10.8. The molecule has 1 aliphatic heterocycles. The van der Waals surface area contributed by atoms with E-state index in [0.717, 1.165) is 53.9 Å². The Bertz CT molecular complexity index is 971. The Morgan fingerprint density at radius 1 is 1.39 bits per heavy atom. The molecule has 0 aromatic carbocycles. The SMILES string of the molecule is COCc1nn(C)c2c(NC3=NNC(C4CCC(OC(=O)NC(C)C)C4)C3)nccc12. The first kappa shape index (κ1) is 21.4. The van der Waals surface area contributed by atoms with E-state index >= 15 is 0 Å². The topological polar surface area (TPSA) is 115 Å². The van der Waals surface area contributed by atoms with E-state index in [4.69, 9.17) is 9.47 Å². The number of nitrogens with one attached hydrogen (secondary N) is 3. The van der Waals surface area contributed by atoms with Crippen LogP contribution in [0.5, 0.6) is 0 Å². The van der Waals surface area contributed by atoms with Gasteiger partial charge in [-0.1, -0.05) is 0 Å². The van der Waals surface area contributed by atoms with Crippen LogP contribution < -0.4 is 16.1 Å². The zero-order chi connectivity index (χ0) is 22.0. The van der Waals surface area contributed by atoms with Gasteiger partial charge in [-0.25, -0.2) is 9.78 Å². The summed E-state index contributed by atoms with van der Waals surface area (Å²) in [5.41, 5.74) is 5.07. The van der Waals surface area contributed by atoms with Crippen LogP contribution in [-0.4, -0.2) is 52.0 Å². The highest BCUT2D eigenvalue weighted by Gasteiger charge is 2.35. The number of rotatable bonds is 6. The number of carbonyl (C=O) groups is 1. The largest absolute Gasteiger partial charge is 0.446 e. The second-order valence-corrected chi connectivity index (χ2v) is 8.58. The van der Waals surface area contributed by atoms with Crippen LogP contribution in [0.15, 0.2) is 17.4 Å². The molecule has 3 heterocycles. The highest BCUT2D eigenvalue weighted by Crippen LogP contribution is 2.33. The Morgan fingerprint density at radius 2 is 2.23 bits per heavy atom. The molecular formula is C21H31N7O3. The number of alkyl carbamates (subject to hydrolysis) is 1. The highest BCUT2D eigenvalue weighted by atomic mass is 16.6. The number of anilines is 1. The van der Waals surface area contributed by atoms with Crippen LogP contribution in [0.1, 0.15) is 45.2 Å². The Morgan fingerprint density at radius 3 is 3.00 bits per heavy atom. The summed E-state index contributed by atoms with van der Waals surface area (Å²) in [6.45, 7) is 4.30. The molecule has 0 bridgehead atoms. The number of aromatic nitrogens is 3. The summed E-state index contributed by atoms with van der Waals surface area (Å²) in [6.07, 6.45) is 4.92. The number of fused-ring (bicyclic) bond motifs is 1. The summed E-state index contributed by atoms with van der Waals surface area (Å²) in [5.74, 6) is 1.99. The normalized spacial score (nSPS) is 23.1. The average molecular weight is 430 g/mol. The number of methoxy groups -OCH3 is 1. The first-order chi connectivity index (χ1) is 14.9. The Balaban J connectivity index is 1.35. The minimum absolute atomic E-state index is 0.0355. The molecule has 168 valence electrons. The zero-order valence-corrected chi connectivity index (χ0v) is 18.5. The summed E-state index contributed by atoms with van der Waals surface area (Å²) >= 11 is 0. The molecule has 0 saturated heterocycles. The smallest absolute Gasteiger partial charge is 0.407 e. The number of hydrogen-bond acceptors (Lipinski definition) is 8. The van der Waals surface area contributed by atoms with E-state index in [9.17, 15) is 4.79 Å². The summed E-state index contributed by atoms with van der Waals surface area (Å²) in [7, 11) is 3.56. The quantitative estimate of drug-likeness (QED) is 0.646. The first-order valence-electron chi connectivity index (χ1n) is 10.8. The maximum atomic E-state index is 11.9. The molecule has 3 N–H and O–H groups in total. The minimum Gasteiger partial charge on any atom is -0.446 e. The number of amidine groups is 1. The van der Waals surface area contributed by atoms with Crippen molar-refractivity contribution in [3.63, 3.8) is 0 Å². The molecule has 1 amide bonds. The fraction of sp³-hybridized carbons (Fsp3) is 0.619. The molecule has 3 atom stereocenters. The van der Waals surface area contributed by atoms with Crippen molar-refractivity contribution in [2.24, 2.45) is 18.1 Å². The molecule has 0 spiro atoms. The van der Waals surface area contributed by atoms with E-state index < -0.39 is 0 Å². The summed E-state index contributed by atoms with van der Waals surface area (Å²) in [6, 6.07) is 2.25. The van der Waals surface area contributed by atoms with Crippen molar-refractivity contribution in [3.8, 4) is 0 Å². The van der Waals surface area contributed by atoms with Gasteiger partial charge >= 0.3 is 6.09 Å². The second-order valence-electron chi connectivity index (χ2n) is 8.58. The maximum Gasteiger partial charge on any atom is 0.407 e. The molecule has 3 unspecified atom stereocenters. The van der Waals surface area contributed by atoms with Gasteiger partial charge in [-0.2, -0.15) is 10.2 Å². The predicted molar refractivity (Wildman–Crippen MR) is 118 cm³/mol. The summed E-state index contributed by atoms with van der Waals surface area (Å²) < 4.78 is 12.6. The number of pyridine rings is 1. The van der Waals surface area contributed by atoms with Gasteiger partial charge in [0, 0.05) is 38.2 Å². The van der Waals surface area contributed by atoms with E-state index in [1.54, 1.807) is 13.3 Å². The van der Waals surface area contributed by atoms with Gasteiger partial charge in [0.2, 0.25) is 0 Å². The molecular weight excluding hydrogens is 398 g/mol. The lowest BCUT2D eigenvalue weighted by Crippen LogP contribution is -2.34. The van der Waals surface area contributed by atoms with Crippen molar-refractivity contribution in [1.82, 2.24) is 25.5 Å². The molecule has 10 nitrogen and oxygen atoms in total. The van der Waals surface area contributed by atoms with E-state index in [1.165, 1.54) is 0 Å². The number of ether oxygens (including phenoxy) is 2. The van der Waals surface area contributed by atoms with E-state index in [-0.39, 0.29) is 24.3 Å². The molecule has 2 aromatic rings. The van der Waals surface area contributed by atoms with E-state index in [2.05, 4.69) is 31.2 Å². The summed E-state index contributed by atoms with van der Waals surface area (Å²) in [4.78, 5) is 16.4. The van der Waals surface area contributed by atoms with Crippen molar-refractivity contribution in [2.45, 2.75) is 64.3 Å². The molecule has 2 aliphatic rings. The van der Waals surface area contributed by atoms with Crippen LogP contribution in [0.25, 0.3) is 10.9 Å². The lowest BCUT2D eigenvalue weighted by molar-refractivity contribution is 0.0957. The zero-order valence-electron chi connectivity index (χ0n) is 18.5. The number of carbonyl (C=O) groups excluding carboxylic acids is 1. The van der Waals surface area contributed by atoms with Crippen LogP contribution in [0.4, 0.5) is 10.6 Å². The standard InChI is InChI=1S/C21H31N7O3/c1-12(2)23-21(29)31-14-6-5-13(9-14)16-10-18(26-25-16)24-20-19-15(7-8-22-20)17(11-30-4)27-28(19)3/h7-8,12-14,16,25H,5-6,9-11H2,1-4H3,(H,23,29)(H,22,24,26). The third-order valence-corrected chi connectivity index (χ3v) is 5.83. The maximum absolute atomic E-state index is 11.9. The van der Waals surface area contributed by atoms with Gasteiger partial charge in [-0.15, -0.1) is 0 Å². The Kier molecular flexibility index (Phi) is 6.26. The molecule has 1 aliphatic carbocycles. The van der Waals surface area contributed by atoms with Crippen molar-refractivity contribution in [2.75, 3.05) is 12.4 Å². The fourth-order valence-corrected chi connectivity index (χ4v) is 4.45. The van der Waals surface area contributed by atoms with Gasteiger partial charge in [-0.05, 0) is 45.1 Å². The predicted octanol–water partition coefficient (Wildman–Crippen LogP) is 2.51. The lowest BCUT2D eigenvalue weighted by Gasteiger charge is -2.19. The molecule has 2 aromatic heterocycles. The monoisotopic (exact) mass is 429 g/mol. The van der Waals surface area contributed by atoms with Gasteiger partial charge in [0.05, 0.1) is 18.3 Å². The van der Waals surface area contributed by atoms with Gasteiger partial charge in [0.25, 0.3) is 0 Å². The van der Waals surface area contributed by atoms with E-state index in [0.29, 0.717) is 12.5 Å². The minimum atomic E-state index is -0.332. The van der Waals surface area contributed by atoms with Gasteiger partial charge in [0.1, 0.15) is 17.5 Å². The van der Waals surface area contributed by atoms with Crippen LogP contribution in [-0.2, 0) is 23.1 Å². The van der Waals surface area contributed by atoms with Crippen molar-refractivity contribution < 1.29 is 14.3 Å². The van der Waals surface area contributed by atoms with Crippen LogP contribution >= 0.6 is 0 Å². The number of nitrogens with zero attached hydrogens (tertiary/aromatic N) is 4. The van der Waals surface area contributed by atoms with Gasteiger partial charge in [-0.3, -0.25) is 4.68 Å². The highest BCUT2D eigenvalue weighted by molar-refractivity contribution is 6.02. The van der Waals surface area contributed by atoms with Crippen LogP contribution in [0, 0.1) is 5.92 Å². The Hall–Kier alpha value is -2.88. The summed E-state index contributed by atoms with van der Waals surface area (Å²) in [5, 5.41) is 16.2. The molecule has 31 heavy (non-hydrogen) atoms. The molecule has 1 fully saturated rings. The molecule has 4 rings (SSSR count). The molecule has 1 saturated carbocycles.